The van der Waals surface area contributed by atoms with Gasteiger partial charge in [-0.1, -0.05) is 19.8 Å². The molecular weight excluding hydrogens is 332 g/mol. The van der Waals surface area contributed by atoms with E-state index in [2.05, 4.69) is 52.3 Å². The van der Waals surface area contributed by atoms with Crippen LogP contribution in [-0.4, -0.2) is 18.0 Å². The smallest absolute Gasteiger partial charge is 0.0672 e. The van der Waals surface area contributed by atoms with Crippen LogP contribution in [0.3, 0.4) is 0 Å². The minimum Gasteiger partial charge on any atom is -0.297 e. The Morgan fingerprint density at radius 1 is 1.50 bits per heavy atom. The second-order valence-electron chi connectivity index (χ2n) is 5.92. The molecule has 1 aliphatic rings. The fourth-order valence-corrected chi connectivity index (χ4v) is 4.85. The quantitative estimate of drug-likeness (QED) is 0.739. The lowest BCUT2D eigenvalue weighted by atomic mass is 9.76. The standard InChI is InChI=1S/C16H23BrN2S/c1-3-4-12-5-6-13(9-18)16(7-12)19(2)10-15-8-14(17)11-20-15/h8,11-13,16H,3-7,10H2,1-2H3. The molecule has 0 amide bonds. The molecule has 20 heavy (non-hydrogen) atoms. The molecule has 3 unspecified atom stereocenters. The Labute approximate surface area is 134 Å². The van der Waals surface area contributed by atoms with Gasteiger partial charge in [0.05, 0.1) is 12.0 Å². The predicted molar refractivity (Wildman–Crippen MR) is 88.6 cm³/mol. The zero-order valence-corrected chi connectivity index (χ0v) is 14.7. The largest absolute Gasteiger partial charge is 0.297 e. The minimum atomic E-state index is 0.205. The summed E-state index contributed by atoms with van der Waals surface area (Å²) in [4.78, 5) is 3.77. The molecule has 0 bridgehead atoms. The third-order valence-electron chi connectivity index (χ3n) is 4.38. The molecule has 1 aromatic rings. The van der Waals surface area contributed by atoms with Gasteiger partial charge in [-0.15, -0.1) is 11.3 Å². The van der Waals surface area contributed by atoms with E-state index in [1.165, 1.54) is 30.6 Å². The van der Waals surface area contributed by atoms with E-state index in [0.29, 0.717) is 6.04 Å². The molecule has 0 aliphatic heterocycles. The number of halogens is 1. The summed E-state index contributed by atoms with van der Waals surface area (Å²) < 4.78 is 1.16. The van der Waals surface area contributed by atoms with Crippen molar-refractivity contribution >= 4 is 27.3 Å². The van der Waals surface area contributed by atoms with Gasteiger partial charge in [0, 0.05) is 27.3 Å². The van der Waals surface area contributed by atoms with Crippen molar-refractivity contribution in [1.29, 1.82) is 5.26 Å². The van der Waals surface area contributed by atoms with Crippen molar-refractivity contribution < 1.29 is 0 Å². The van der Waals surface area contributed by atoms with Crippen LogP contribution in [0.4, 0.5) is 0 Å². The predicted octanol–water partition coefficient (Wildman–Crippen LogP) is 5.05. The van der Waals surface area contributed by atoms with Crippen molar-refractivity contribution in [3.63, 3.8) is 0 Å². The lowest BCUT2D eigenvalue weighted by Gasteiger charge is -2.38. The Balaban J connectivity index is 2.00. The second kappa shape index (κ2) is 7.59. The highest BCUT2D eigenvalue weighted by Gasteiger charge is 2.32. The third kappa shape index (κ3) is 4.07. The number of hydrogen-bond acceptors (Lipinski definition) is 3. The number of thiophene rings is 1. The van der Waals surface area contributed by atoms with Gasteiger partial charge in [0.25, 0.3) is 0 Å². The highest BCUT2D eigenvalue weighted by atomic mass is 79.9. The third-order valence-corrected chi connectivity index (χ3v) is 6.06. The maximum Gasteiger partial charge on any atom is 0.0672 e. The van der Waals surface area contributed by atoms with Gasteiger partial charge in [0.1, 0.15) is 0 Å². The van der Waals surface area contributed by atoms with E-state index in [0.717, 1.165) is 23.4 Å². The molecule has 0 aromatic carbocycles. The molecular formula is C16H23BrN2S. The van der Waals surface area contributed by atoms with Gasteiger partial charge in [-0.2, -0.15) is 5.26 Å². The molecule has 1 saturated carbocycles. The molecule has 0 radical (unpaired) electrons. The van der Waals surface area contributed by atoms with Crippen molar-refractivity contribution in [1.82, 2.24) is 4.90 Å². The van der Waals surface area contributed by atoms with Crippen LogP contribution in [0.25, 0.3) is 0 Å². The molecule has 1 fully saturated rings. The molecule has 1 aromatic heterocycles. The summed E-state index contributed by atoms with van der Waals surface area (Å²) in [5.74, 6) is 1.02. The van der Waals surface area contributed by atoms with Gasteiger partial charge in [-0.3, -0.25) is 4.90 Å². The molecule has 0 spiro atoms. The van der Waals surface area contributed by atoms with E-state index in [9.17, 15) is 5.26 Å². The normalized spacial score (nSPS) is 26.6. The molecule has 2 nitrogen and oxygen atoms in total. The van der Waals surface area contributed by atoms with E-state index in [-0.39, 0.29) is 5.92 Å². The summed E-state index contributed by atoms with van der Waals surface area (Å²) in [6.07, 6.45) is 6.07. The average molecular weight is 355 g/mol. The summed E-state index contributed by atoms with van der Waals surface area (Å²) >= 11 is 5.30. The van der Waals surface area contributed by atoms with Crippen LogP contribution < -0.4 is 0 Å². The topological polar surface area (TPSA) is 27.0 Å². The average Bonchev–Trinajstić information content (AvgIpc) is 2.84. The Kier molecular flexibility index (Phi) is 6.07. The van der Waals surface area contributed by atoms with E-state index in [4.69, 9.17) is 0 Å². The van der Waals surface area contributed by atoms with Crippen molar-refractivity contribution in [3.05, 3.63) is 20.8 Å². The van der Waals surface area contributed by atoms with Crippen LogP contribution in [0.1, 0.15) is 43.9 Å². The first-order valence-electron chi connectivity index (χ1n) is 7.46. The summed E-state index contributed by atoms with van der Waals surface area (Å²) in [6.45, 7) is 3.22. The molecule has 4 heteroatoms. The Morgan fingerprint density at radius 2 is 2.30 bits per heavy atom. The first-order valence-corrected chi connectivity index (χ1v) is 9.14. The van der Waals surface area contributed by atoms with E-state index in [1.807, 2.05) is 0 Å². The van der Waals surface area contributed by atoms with Gasteiger partial charge in [0.2, 0.25) is 0 Å². The summed E-state index contributed by atoms with van der Waals surface area (Å²) in [6, 6.07) is 5.15. The molecule has 0 N–H and O–H groups in total. The highest BCUT2D eigenvalue weighted by molar-refractivity contribution is 9.10. The van der Waals surface area contributed by atoms with Gasteiger partial charge >= 0.3 is 0 Å². The lowest BCUT2D eigenvalue weighted by molar-refractivity contribution is 0.117. The Hall–Kier alpha value is -0.370. The van der Waals surface area contributed by atoms with Gasteiger partial charge in [0.15, 0.2) is 0 Å². The van der Waals surface area contributed by atoms with Crippen molar-refractivity contribution in [2.24, 2.45) is 11.8 Å². The number of nitrogens with zero attached hydrogens (tertiary/aromatic N) is 2. The zero-order chi connectivity index (χ0) is 14.5. The van der Waals surface area contributed by atoms with Gasteiger partial charge in [-0.25, -0.2) is 0 Å². The second-order valence-corrected chi connectivity index (χ2v) is 7.83. The first-order chi connectivity index (χ1) is 9.63. The maximum atomic E-state index is 9.42. The lowest BCUT2D eigenvalue weighted by Crippen LogP contribution is -2.41. The van der Waals surface area contributed by atoms with Gasteiger partial charge in [-0.05, 0) is 54.2 Å². The minimum absolute atomic E-state index is 0.205. The van der Waals surface area contributed by atoms with Gasteiger partial charge < -0.3 is 0 Å². The maximum absolute atomic E-state index is 9.42. The zero-order valence-electron chi connectivity index (χ0n) is 12.3. The van der Waals surface area contributed by atoms with Crippen LogP contribution in [0.15, 0.2) is 15.9 Å². The van der Waals surface area contributed by atoms with E-state index in [1.54, 1.807) is 11.3 Å². The van der Waals surface area contributed by atoms with Crippen LogP contribution in [0.5, 0.6) is 0 Å². The van der Waals surface area contributed by atoms with Crippen molar-refractivity contribution in [3.8, 4) is 6.07 Å². The number of nitriles is 1. The van der Waals surface area contributed by atoms with Crippen LogP contribution in [0.2, 0.25) is 0 Å². The van der Waals surface area contributed by atoms with Crippen LogP contribution in [-0.2, 0) is 6.54 Å². The Bertz CT molecular complexity index is 465. The van der Waals surface area contributed by atoms with Crippen molar-refractivity contribution in [2.45, 2.75) is 51.6 Å². The summed E-state index contributed by atoms with van der Waals surface area (Å²) in [7, 11) is 2.18. The van der Waals surface area contributed by atoms with Crippen LogP contribution >= 0.6 is 27.3 Å². The fourth-order valence-electron chi connectivity index (χ4n) is 3.34. The van der Waals surface area contributed by atoms with Crippen molar-refractivity contribution in [2.75, 3.05) is 7.05 Å². The molecule has 0 saturated heterocycles. The van der Waals surface area contributed by atoms with Crippen LogP contribution in [0, 0.1) is 23.2 Å². The monoisotopic (exact) mass is 354 g/mol. The van der Waals surface area contributed by atoms with E-state index >= 15 is 0 Å². The molecule has 3 atom stereocenters. The molecule has 1 heterocycles. The highest BCUT2D eigenvalue weighted by Crippen LogP contribution is 2.35. The SMILES string of the molecule is CCCC1CCC(C#N)C(N(C)Cc2cc(Br)cs2)C1. The molecule has 2 rings (SSSR count). The Morgan fingerprint density at radius 3 is 2.90 bits per heavy atom. The first kappa shape index (κ1) is 16.0. The summed E-state index contributed by atoms with van der Waals surface area (Å²) in [5.41, 5.74) is 0. The fraction of sp³-hybridized carbons (Fsp3) is 0.688. The van der Waals surface area contributed by atoms with E-state index < -0.39 is 0 Å². The number of rotatable bonds is 5. The number of hydrogen-bond donors (Lipinski definition) is 0. The summed E-state index contributed by atoms with van der Waals surface area (Å²) in [5, 5.41) is 11.5. The molecule has 1 aliphatic carbocycles. The molecule has 110 valence electrons.